The van der Waals surface area contributed by atoms with Gasteiger partial charge in [0, 0.05) is 19.0 Å². The number of tetrazole rings is 1. The van der Waals surface area contributed by atoms with Gasteiger partial charge in [-0.3, -0.25) is 4.79 Å². The maximum Gasteiger partial charge on any atom is 0.336 e. The highest BCUT2D eigenvalue weighted by Gasteiger charge is 2.16. The molecule has 0 atom stereocenters. The van der Waals surface area contributed by atoms with Crippen molar-refractivity contribution in [1.82, 2.24) is 30.2 Å². The smallest absolute Gasteiger partial charge is 0.336 e. The largest absolute Gasteiger partial charge is 0.478 e. The first-order valence-corrected chi connectivity index (χ1v) is 10.3. The number of carboxylic acid groups (broad SMARTS) is 1. The number of nitrogens with one attached hydrogen (secondary N) is 1. The second-order valence-electron chi connectivity index (χ2n) is 7.37. The van der Waals surface area contributed by atoms with Crippen LogP contribution in [0.3, 0.4) is 0 Å². The van der Waals surface area contributed by atoms with Crippen LogP contribution in [-0.4, -0.2) is 41.3 Å². The molecule has 32 heavy (non-hydrogen) atoms. The van der Waals surface area contributed by atoms with E-state index >= 15 is 0 Å². The molecule has 9 heteroatoms. The van der Waals surface area contributed by atoms with Gasteiger partial charge in [-0.25, -0.2) is 4.79 Å². The molecule has 0 radical (unpaired) electrons. The van der Waals surface area contributed by atoms with Gasteiger partial charge in [-0.1, -0.05) is 55.8 Å². The normalized spacial score (nSPS) is 10.9. The zero-order chi connectivity index (χ0) is 22.5. The molecule has 0 aliphatic heterocycles. The highest BCUT2D eigenvalue weighted by atomic mass is 16.4. The Balaban J connectivity index is 1.71. The Labute approximate surface area is 183 Å². The maximum absolute atomic E-state index is 12.2. The van der Waals surface area contributed by atoms with E-state index in [1.807, 2.05) is 34.9 Å². The summed E-state index contributed by atoms with van der Waals surface area (Å²) in [7, 11) is 0. The number of benzene rings is 2. The first kappa shape index (κ1) is 21.1. The van der Waals surface area contributed by atoms with E-state index in [9.17, 15) is 14.7 Å². The van der Waals surface area contributed by atoms with Gasteiger partial charge in [-0.2, -0.15) is 10.2 Å². The lowest BCUT2D eigenvalue weighted by atomic mass is 9.98. The molecule has 0 bridgehead atoms. The van der Waals surface area contributed by atoms with E-state index in [0.717, 1.165) is 24.0 Å². The van der Waals surface area contributed by atoms with Crippen molar-refractivity contribution in [3.8, 4) is 22.6 Å². The summed E-state index contributed by atoms with van der Waals surface area (Å²) in [6.45, 7) is 2.54. The van der Waals surface area contributed by atoms with Crippen molar-refractivity contribution >= 4 is 5.97 Å². The number of hydrogen-bond donors (Lipinski definition) is 2. The van der Waals surface area contributed by atoms with Crippen LogP contribution in [0.5, 0.6) is 0 Å². The molecule has 0 aliphatic rings. The highest BCUT2D eigenvalue weighted by molar-refractivity contribution is 5.95. The van der Waals surface area contributed by atoms with Gasteiger partial charge < -0.3 is 9.67 Å². The molecule has 0 saturated carbocycles. The number of carboxylic acids is 1. The molecule has 0 saturated heterocycles. The minimum Gasteiger partial charge on any atom is -0.478 e. The van der Waals surface area contributed by atoms with Crippen molar-refractivity contribution in [3.05, 3.63) is 81.9 Å². The second kappa shape index (κ2) is 9.34. The fraction of sp³-hybridized carbons (Fsp3) is 0.217. The van der Waals surface area contributed by atoms with Crippen LogP contribution in [0.1, 0.15) is 41.5 Å². The third kappa shape index (κ3) is 4.46. The number of unbranched alkanes of at least 4 members (excludes halogenated alkanes) is 1. The van der Waals surface area contributed by atoms with Crippen LogP contribution in [0.25, 0.3) is 22.6 Å². The minimum atomic E-state index is -0.964. The number of aromatic nitrogens is 6. The Hall–Kier alpha value is -4.14. The Kier molecular flexibility index (Phi) is 6.16. The zero-order valence-electron chi connectivity index (χ0n) is 17.5. The fourth-order valence-corrected chi connectivity index (χ4v) is 3.61. The number of aromatic amines is 1. The topological polar surface area (TPSA) is 127 Å². The third-order valence-corrected chi connectivity index (χ3v) is 5.19. The van der Waals surface area contributed by atoms with Crippen molar-refractivity contribution in [3.63, 3.8) is 0 Å². The summed E-state index contributed by atoms with van der Waals surface area (Å²) in [5, 5.41) is 23.6. The quantitative estimate of drug-likeness (QED) is 0.439. The van der Waals surface area contributed by atoms with Gasteiger partial charge >= 0.3 is 5.97 Å². The molecule has 2 aromatic heterocycles. The molecular formula is C23H22N6O3. The van der Waals surface area contributed by atoms with Crippen LogP contribution < -0.4 is 5.56 Å². The molecule has 0 spiro atoms. The van der Waals surface area contributed by atoms with Gasteiger partial charge in [-0.15, -0.1) is 10.2 Å². The third-order valence-electron chi connectivity index (χ3n) is 5.19. The van der Waals surface area contributed by atoms with Crippen molar-refractivity contribution in [2.75, 3.05) is 0 Å². The van der Waals surface area contributed by atoms with E-state index in [-0.39, 0.29) is 11.1 Å². The van der Waals surface area contributed by atoms with E-state index in [0.29, 0.717) is 35.9 Å². The summed E-state index contributed by atoms with van der Waals surface area (Å²) in [5.74, 6) is 0.0306. The van der Waals surface area contributed by atoms with Crippen LogP contribution in [0, 0.1) is 0 Å². The predicted molar refractivity (Wildman–Crippen MR) is 118 cm³/mol. The summed E-state index contributed by atoms with van der Waals surface area (Å²) in [6.07, 6.45) is 2.52. The molecule has 2 N–H and O–H groups in total. The highest BCUT2D eigenvalue weighted by Crippen LogP contribution is 2.25. The minimum absolute atomic E-state index is 0.256. The Bertz CT molecular complexity index is 1280. The lowest BCUT2D eigenvalue weighted by Gasteiger charge is -2.16. The van der Waals surface area contributed by atoms with Crippen LogP contribution in [0.15, 0.2) is 59.4 Å². The van der Waals surface area contributed by atoms with Crippen LogP contribution in [-0.2, 0) is 13.0 Å². The second-order valence-corrected chi connectivity index (χ2v) is 7.37. The standard InChI is InChI=1S/C23H22N6O3/c1-2-3-8-20-24-21(30)13-19(22-25-27-28-26-22)29(20)14-15-9-11-16(12-10-15)17-6-4-5-7-18(17)23(31)32/h4-7,9-13H,2-3,8,14H2,1H3,(H,31,32)(H,25,26,27,28). The molecule has 0 fully saturated rings. The number of rotatable bonds is 8. The summed E-state index contributed by atoms with van der Waals surface area (Å²) >= 11 is 0. The molecule has 9 nitrogen and oxygen atoms in total. The summed E-state index contributed by atoms with van der Waals surface area (Å²) in [5.41, 5.74) is 2.90. The van der Waals surface area contributed by atoms with Crippen molar-refractivity contribution in [2.24, 2.45) is 0 Å². The zero-order valence-corrected chi connectivity index (χ0v) is 17.5. The van der Waals surface area contributed by atoms with E-state index < -0.39 is 5.97 Å². The van der Waals surface area contributed by atoms with E-state index in [1.54, 1.807) is 18.2 Å². The van der Waals surface area contributed by atoms with Crippen LogP contribution in [0.2, 0.25) is 0 Å². The van der Waals surface area contributed by atoms with Crippen molar-refractivity contribution in [1.29, 1.82) is 0 Å². The fourth-order valence-electron chi connectivity index (χ4n) is 3.61. The molecule has 0 aliphatic carbocycles. The molecule has 4 rings (SSSR count). The Morgan fingerprint density at radius 2 is 1.91 bits per heavy atom. The summed E-state index contributed by atoms with van der Waals surface area (Å²) < 4.78 is 1.93. The predicted octanol–water partition coefficient (Wildman–Crippen LogP) is 3.18. The molecular weight excluding hydrogens is 408 g/mol. The monoisotopic (exact) mass is 430 g/mol. The summed E-state index contributed by atoms with van der Waals surface area (Å²) in [4.78, 5) is 28.0. The van der Waals surface area contributed by atoms with Crippen molar-refractivity contribution < 1.29 is 9.90 Å². The number of carbonyl (C=O) groups is 1. The number of aromatic carboxylic acids is 1. The molecule has 0 amide bonds. The first-order chi connectivity index (χ1) is 15.6. The van der Waals surface area contributed by atoms with Crippen LogP contribution in [0.4, 0.5) is 0 Å². The molecule has 4 aromatic rings. The van der Waals surface area contributed by atoms with E-state index in [2.05, 4.69) is 32.5 Å². The SMILES string of the molecule is CCCCc1nc(=O)cc(-c2nn[nH]n2)n1Cc1ccc(-c2ccccc2C(=O)O)cc1. The van der Waals surface area contributed by atoms with Gasteiger partial charge in [0.15, 0.2) is 0 Å². The maximum atomic E-state index is 12.2. The first-order valence-electron chi connectivity index (χ1n) is 10.3. The van der Waals surface area contributed by atoms with Crippen molar-refractivity contribution in [2.45, 2.75) is 32.7 Å². The molecule has 2 aromatic carbocycles. The van der Waals surface area contributed by atoms with Gasteiger partial charge in [0.05, 0.1) is 11.3 Å². The average molecular weight is 430 g/mol. The summed E-state index contributed by atoms with van der Waals surface area (Å²) in [6, 6.07) is 16.0. The Morgan fingerprint density at radius 3 is 2.59 bits per heavy atom. The van der Waals surface area contributed by atoms with E-state index in [4.69, 9.17) is 0 Å². The van der Waals surface area contributed by atoms with E-state index in [1.165, 1.54) is 6.07 Å². The number of nitrogens with zero attached hydrogens (tertiary/aromatic N) is 5. The van der Waals surface area contributed by atoms with Gasteiger partial charge in [0.2, 0.25) is 5.82 Å². The molecule has 0 unspecified atom stereocenters. The average Bonchev–Trinajstić information content (AvgIpc) is 3.34. The molecule has 2 heterocycles. The number of aryl methyl sites for hydroxylation is 1. The van der Waals surface area contributed by atoms with Crippen LogP contribution >= 0.6 is 0 Å². The lowest BCUT2D eigenvalue weighted by molar-refractivity contribution is 0.0697. The molecule has 162 valence electrons. The Morgan fingerprint density at radius 1 is 1.12 bits per heavy atom. The lowest BCUT2D eigenvalue weighted by Crippen LogP contribution is -2.20. The van der Waals surface area contributed by atoms with Gasteiger partial charge in [0.25, 0.3) is 5.56 Å². The van der Waals surface area contributed by atoms with Gasteiger partial charge in [0.1, 0.15) is 5.82 Å². The number of H-pyrrole nitrogens is 1. The number of hydrogen-bond acceptors (Lipinski definition) is 6. The van der Waals surface area contributed by atoms with Gasteiger partial charge in [-0.05, 0) is 34.4 Å².